The number of rotatable bonds is 14. The molecule has 0 aliphatic carbocycles. The average molecular weight is 680 g/mol. The summed E-state index contributed by atoms with van der Waals surface area (Å²) in [7, 11) is 1.61. The van der Waals surface area contributed by atoms with Crippen LogP contribution >= 0.6 is 11.3 Å². The molecule has 0 fully saturated rings. The molecule has 0 bridgehead atoms. The summed E-state index contributed by atoms with van der Waals surface area (Å²) in [5, 5.41) is 34.0. The van der Waals surface area contributed by atoms with E-state index in [0.29, 0.717) is 28.9 Å². The summed E-state index contributed by atoms with van der Waals surface area (Å²) in [6.07, 6.45) is 1.58. The Kier molecular flexibility index (Phi) is 10.9. The first-order valence-electron chi connectivity index (χ1n) is 15.4. The van der Waals surface area contributed by atoms with Crippen molar-refractivity contribution >= 4 is 62.3 Å². The van der Waals surface area contributed by atoms with Crippen LogP contribution in [-0.2, 0) is 14.3 Å². The summed E-state index contributed by atoms with van der Waals surface area (Å²) in [6.45, 7) is 13.9. The molecule has 252 valence electrons. The van der Waals surface area contributed by atoms with Crippen LogP contribution in [0.5, 0.6) is 0 Å². The quantitative estimate of drug-likeness (QED) is 0.0468. The van der Waals surface area contributed by atoms with Gasteiger partial charge in [0.15, 0.2) is 17.3 Å². The molecule has 0 amide bonds. The maximum Gasteiger partial charge on any atom is 0.333 e. The van der Waals surface area contributed by atoms with E-state index in [1.54, 1.807) is 20.2 Å². The van der Waals surface area contributed by atoms with Gasteiger partial charge in [0.1, 0.15) is 18.2 Å². The molecule has 1 unspecified atom stereocenters. The normalized spacial score (nSPS) is 11.8. The van der Waals surface area contributed by atoms with Crippen LogP contribution in [0, 0.1) is 32.1 Å². The predicted molar refractivity (Wildman–Crippen MR) is 191 cm³/mol. The number of carbonyl (C=O) groups excluding carboxylic acids is 1. The molecule has 2 aromatic carbocycles. The third kappa shape index (κ3) is 8.42. The summed E-state index contributed by atoms with van der Waals surface area (Å²) in [6, 6.07) is 13.9. The number of anilines is 4. The monoisotopic (exact) mass is 679 g/mol. The van der Waals surface area contributed by atoms with Crippen LogP contribution in [0.2, 0.25) is 0 Å². The Labute approximate surface area is 287 Å². The number of aryl methyl sites for hydroxylation is 3. The highest BCUT2D eigenvalue weighted by Gasteiger charge is 2.20. The Hall–Kier alpha value is -5.72. The van der Waals surface area contributed by atoms with Gasteiger partial charge in [-0.05, 0) is 57.9 Å². The van der Waals surface area contributed by atoms with Crippen LogP contribution < -0.4 is 16.0 Å². The van der Waals surface area contributed by atoms with Crippen molar-refractivity contribution in [2.24, 2.45) is 10.2 Å². The van der Waals surface area contributed by atoms with Crippen molar-refractivity contribution in [3.8, 4) is 11.2 Å². The van der Waals surface area contributed by atoms with Gasteiger partial charge in [0, 0.05) is 24.4 Å². The zero-order valence-corrected chi connectivity index (χ0v) is 29.0. The van der Waals surface area contributed by atoms with Crippen LogP contribution in [0.3, 0.4) is 0 Å². The first-order valence-corrected chi connectivity index (χ1v) is 16.2. The van der Waals surface area contributed by atoms with E-state index in [9.17, 15) is 10.1 Å². The van der Waals surface area contributed by atoms with Crippen LogP contribution in [0.4, 0.5) is 34.8 Å². The van der Waals surface area contributed by atoms with Crippen LogP contribution in [0.15, 0.2) is 65.0 Å². The molecule has 0 spiro atoms. The van der Waals surface area contributed by atoms with E-state index in [2.05, 4.69) is 61.0 Å². The number of nitrogens with zero attached hydrogens (tertiary/aromatic N) is 8. The summed E-state index contributed by atoms with van der Waals surface area (Å²) < 4.78 is 13.1. The number of hydrogen-bond donors (Lipinski definition) is 3. The summed E-state index contributed by atoms with van der Waals surface area (Å²) in [5.74, 6) is 0.558. The standard InChI is InChI=1S/C34H37N11O3S/c1-19(2)32(46)48-13-12-36-33-40-30(37-23(6)18-47-7)28(31(41-33)39-27-21(4)14-20(3)15-22(27)5)42-43-29-24(16-35)17-45(44-29)34-38-25-10-8-9-11-26(25)49-34/h8-11,14-15,17,23H,1,12-13,18H2,2-7H3,(H3,36,37,39,40,41)/b43-42-. The van der Waals surface area contributed by atoms with Gasteiger partial charge in [-0.1, -0.05) is 47.7 Å². The summed E-state index contributed by atoms with van der Waals surface area (Å²) in [5.41, 5.74) is 5.61. The van der Waals surface area contributed by atoms with E-state index in [-0.39, 0.29) is 42.2 Å². The zero-order chi connectivity index (χ0) is 35.1. The van der Waals surface area contributed by atoms with Gasteiger partial charge < -0.3 is 25.4 Å². The minimum atomic E-state index is -0.482. The molecule has 5 rings (SSSR count). The van der Waals surface area contributed by atoms with Gasteiger partial charge in [-0.25, -0.2) is 14.5 Å². The lowest BCUT2D eigenvalue weighted by Gasteiger charge is -2.19. The lowest BCUT2D eigenvalue weighted by Crippen LogP contribution is -2.22. The molecule has 3 heterocycles. The number of carbonyl (C=O) groups is 1. The fourth-order valence-electron chi connectivity index (χ4n) is 4.94. The minimum Gasteiger partial charge on any atom is -0.460 e. The van der Waals surface area contributed by atoms with Crippen molar-refractivity contribution in [3.05, 3.63) is 77.0 Å². The van der Waals surface area contributed by atoms with Gasteiger partial charge in [-0.15, -0.1) is 15.3 Å². The molecule has 0 aliphatic heterocycles. The molecular weight excluding hydrogens is 643 g/mol. The van der Waals surface area contributed by atoms with E-state index in [1.807, 2.05) is 52.0 Å². The molecule has 14 nitrogen and oxygen atoms in total. The van der Waals surface area contributed by atoms with Crippen LogP contribution in [0.1, 0.15) is 36.1 Å². The maximum atomic E-state index is 11.9. The highest BCUT2D eigenvalue weighted by atomic mass is 32.1. The van der Waals surface area contributed by atoms with Crippen molar-refractivity contribution in [2.45, 2.75) is 40.7 Å². The number of methoxy groups -OCH3 is 1. The number of thiazole rings is 1. The number of azo groups is 1. The molecule has 0 aliphatic rings. The highest BCUT2D eigenvalue weighted by molar-refractivity contribution is 7.20. The number of nitriles is 1. The molecule has 15 heteroatoms. The second-order valence-electron chi connectivity index (χ2n) is 11.4. The van der Waals surface area contributed by atoms with E-state index in [0.717, 1.165) is 32.6 Å². The molecule has 1 atom stereocenters. The first kappa shape index (κ1) is 34.6. The van der Waals surface area contributed by atoms with E-state index in [4.69, 9.17) is 19.4 Å². The number of esters is 1. The number of ether oxygens (including phenoxy) is 2. The molecule has 0 radical (unpaired) electrons. The van der Waals surface area contributed by atoms with E-state index >= 15 is 0 Å². The molecule has 5 aromatic rings. The first-order chi connectivity index (χ1) is 23.6. The number of para-hydroxylation sites is 1. The minimum absolute atomic E-state index is 0.0759. The fourth-order valence-corrected chi connectivity index (χ4v) is 5.83. The fraction of sp³-hybridized carbons (Fsp3) is 0.294. The van der Waals surface area contributed by atoms with Crippen molar-refractivity contribution in [3.63, 3.8) is 0 Å². The summed E-state index contributed by atoms with van der Waals surface area (Å²) in [4.78, 5) is 26.0. The van der Waals surface area contributed by atoms with Gasteiger partial charge in [0.25, 0.3) is 0 Å². The van der Waals surface area contributed by atoms with Crippen LogP contribution in [-0.4, -0.2) is 63.6 Å². The lowest BCUT2D eigenvalue weighted by molar-refractivity contribution is -0.138. The molecule has 0 saturated carbocycles. The maximum absolute atomic E-state index is 11.9. The van der Waals surface area contributed by atoms with Crippen molar-refractivity contribution in [1.29, 1.82) is 5.26 Å². The SMILES string of the molecule is C=C(C)C(=O)OCCNc1nc(Nc2c(C)cc(C)cc2C)c(/N=N\c2nn(-c3nc4ccccc4s3)cc2C#N)c(NC(C)COC)n1. The number of benzene rings is 2. The second kappa shape index (κ2) is 15.5. The largest absolute Gasteiger partial charge is 0.460 e. The average Bonchev–Trinajstić information content (AvgIpc) is 3.68. The van der Waals surface area contributed by atoms with Gasteiger partial charge in [-0.2, -0.15) is 15.2 Å². The van der Waals surface area contributed by atoms with Gasteiger partial charge in [0.2, 0.25) is 16.9 Å². The van der Waals surface area contributed by atoms with Crippen molar-refractivity contribution in [1.82, 2.24) is 24.7 Å². The Morgan fingerprint density at radius 2 is 1.86 bits per heavy atom. The van der Waals surface area contributed by atoms with Gasteiger partial charge in [0.05, 0.1) is 29.6 Å². The molecule has 0 saturated heterocycles. The number of aromatic nitrogens is 5. The highest BCUT2D eigenvalue weighted by Crippen LogP contribution is 2.38. The zero-order valence-electron chi connectivity index (χ0n) is 28.2. The smallest absolute Gasteiger partial charge is 0.333 e. The van der Waals surface area contributed by atoms with Gasteiger partial charge in [-0.3, -0.25) is 0 Å². The predicted octanol–water partition coefficient (Wildman–Crippen LogP) is 7.21. The van der Waals surface area contributed by atoms with Crippen LogP contribution in [0.25, 0.3) is 15.3 Å². The third-order valence-corrected chi connectivity index (χ3v) is 8.14. The molecular formula is C34H37N11O3S. The Bertz CT molecular complexity index is 2020. The summed E-state index contributed by atoms with van der Waals surface area (Å²) >= 11 is 1.45. The Morgan fingerprint density at radius 3 is 2.55 bits per heavy atom. The number of hydrogen-bond acceptors (Lipinski definition) is 14. The topological polar surface area (TPSA) is 177 Å². The van der Waals surface area contributed by atoms with Gasteiger partial charge >= 0.3 is 5.97 Å². The Balaban J connectivity index is 1.57. The molecule has 3 aromatic heterocycles. The number of fused-ring (bicyclic) bond motifs is 1. The molecule has 49 heavy (non-hydrogen) atoms. The third-order valence-electron chi connectivity index (χ3n) is 7.11. The number of nitrogens with one attached hydrogen (secondary N) is 3. The molecule has 3 N–H and O–H groups in total. The second-order valence-corrected chi connectivity index (χ2v) is 12.4. The van der Waals surface area contributed by atoms with E-state index in [1.165, 1.54) is 16.0 Å². The van der Waals surface area contributed by atoms with E-state index < -0.39 is 5.97 Å². The Morgan fingerprint density at radius 1 is 1.12 bits per heavy atom. The van der Waals surface area contributed by atoms with Crippen molar-refractivity contribution < 1.29 is 14.3 Å². The van der Waals surface area contributed by atoms with Crippen molar-refractivity contribution in [2.75, 3.05) is 42.8 Å². The lowest BCUT2D eigenvalue weighted by atomic mass is 10.1.